The summed E-state index contributed by atoms with van der Waals surface area (Å²) < 4.78 is 3.14. The molecule has 2 aromatic rings. The predicted molar refractivity (Wildman–Crippen MR) is 91.4 cm³/mol. The van der Waals surface area contributed by atoms with Crippen LogP contribution in [0, 0.1) is 6.92 Å². The van der Waals surface area contributed by atoms with Gasteiger partial charge < -0.3 is 5.32 Å². The van der Waals surface area contributed by atoms with E-state index in [0.29, 0.717) is 6.04 Å². The number of rotatable bonds is 7. The number of hydrogen-bond donors (Lipinski definition) is 1. The summed E-state index contributed by atoms with van der Waals surface area (Å²) in [4.78, 5) is 0. The van der Waals surface area contributed by atoms with Crippen LogP contribution in [-0.4, -0.2) is 16.3 Å². The third-order valence-corrected chi connectivity index (χ3v) is 4.70. The molecule has 4 heteroatoms. The van der Waals surface area contributed by atoms with Gasteiger partial charge in [-0.3, -0.25) is 4.68 Å². The average Bonchev–Trinajstić information content (AvgIpc) is 2.88. The van der Waals surface area contributed by atoms with Crippen molar-refractivity contribution in [1.29, 1.82) is 0 Å². The van der Waals surface area contributed by atoms with E-state index in [1.807, 2.05) is 17.9 Å². The molecule has 1 N–H and O–H groups in total. The van der Waals surface area contributed by atoms with Crippen LogP contribution in [0.25, 0.3) is 0 Å². The molecule has 0 fully saturated rings. The van der Waals surface area contributed by atoms with E-state index >= 15 is 0 Å². The molecule has 1 aromatic heterocycles. The summed E-state index contributed by atoms with van der Waals surface area (Å²) >= 11 is 3.64. The largest absolute Gasteiger partial charge is 0.310 e. The minimum absolute atomic E-state index is 0.386. The molecule has 0 aliphatic heterocycles. The smallest absolute Gasteiger partial charge is 0.0492 e. The molecule has 0 amide bonds. The first-order valence-electron chi connectivity index (χ1n) is 7.58. The predicted octanol–water partition coefficient (Wildman–Crippen LogP) is 4.16. The third-order valence-electron chi connectivity index (χ3n) is 3.85. The zero-order valence-corrected chi connectivity index (χ0v) is 14.7. The molecule has 0 aliphatic carbocycles. The number of aromatic nitrogens is 2. The van der Waals surface area contributed by atoms with Crippen LogP contribution < -0.4 is 5.32 Å². The van der Waals surface area contributed by atoms with Gasteiger partial charge in [-0.15, -0.1) is 0 Å². The Balaban J connectivity index is 2.09. The van der Waals surface area contributed by atoms with Crippen LogP contribution in [0.3, 0.4) is 0 Å². The first-order valence-corrected chi connectivity index (χ1v) is 8.37. The Hall–Kier alpha value is -1.13. The van der Waals surface area contributed by atoms with Crippen LogP contribution in [-0.2, 0) is 13.5 Å². The van der Waals surface area contributed by atoms with Gasteiger partial charge >= 0.3 is 0 Å². The Morgan fingerprint density at radius 2 is 2.14 bits per heavy atom. The molecule has 1 aromatic carbocycles. The van der Waals surface area contributed by atoms with Crippen molar-refractivity contribution in [2.75, 3.05) is 6.54 Å². The molecule has 1 atom stereocenters. The van der Waals surface area contributed by atoms with Gasteiger partial charge in [-0.25, -0.2) is 0 Å². The minimum Gasteiger partial charge on any atom is -0.310 e. The van der Waals surface area contributed by atoms with E-state index in [1.165, 1.54) is 21.3 Å². The molecule has 3 nitrogen and oxygen atoms in total. The van der Waals surface area contributed by atoms with E-state index in [0.717, 1.165) is 25.8 Å². The highest BCUT2D eigenvalue weighted by molar-refractivity contribution is 9.10. The molecule has 0 radical (unpaired) electrons. The Bertz CT molecular complexity index is 577. The molecule has 0 spiro atoms. The molecule has 21 heavy (non-hydrogen) atoms. The fraction of sp³-hybridized carbons (Fsp3) is 0.471. The second kappa shape index (κ2) is 7.76. The zero-order chi connectivity index (χ0) is 15.2. The summed E-state index contributed by atoms with van der Waals surface area (Å²) in [6, 6.07) is 9.14. The first kappa shape index (κ1) is 16.2. The van der Waals surface area contributed by atoms with E-state index in [4.69, 9.17) is 0 Å². The minimum atomic E-state index is 0.386. The molecule has 1 heterocycles. The normalized spacial score (nSPS) is 12.6. The SMILES string of the molecule is CCCNC(CCc1ccnn1C)c1ccc(C)c(Br)c1. The average molecular weight is 350 g/mol. The highest BCUT2D eigenvalue weighted by Crippen LogP contribution is 2.25. The number of halogens is 1. The van der Waals surface area contributed by atoms with Crippen LogP contribution in [0.2, 0.25) is 0 Å². The monoisotopic (exact) mass is 349 g/mol. The van der Waals surface area contributed by atoms with E-state index in [1.54, 1.807) is 0 Å². The molecule has 0 aliphatic rings. The number of nitrogens with one attached hydrogen (secondary N) is 1. The Labute approximate surface area is 135 Å². The van der Waals surface area contributed by atoms with Crippen molar-refractivity contribution in [2.24, 2.45) is 7.05 Å². The van der Waals surface area contributed by atoms with Crippen molar-refractivity contribution >= 4 is 15.9 Å². The van der Waals surface area contributed by atoms with Crippen LogP contribution in [0.4, 0.5) is 0 Å². The molecule has 0 bridgehead atoms. The van der Waals surface area contributed by atoms with Crippen molar-refractivity contribution in [1.82, 2.24) is 15.1 Å². The zero-order valence-electron chi connectivity index (χ0n) is 13.1. The van der Waals surface area contributed by atoms with E-state index in [2.05, 4.69) is 64.5 Å². The summed E-state index contributed by atoms with van der Waals surface area (Å²) in [6.45, 7) is 5.37. The van der Waals surface area contributed by atoms with Crippen LogP contribution in [0.1, 0.15) is 42.6 Å². The van der Waals surface area contributed by atoms with E-state index < -0.39 is 0 Å². The number of aryl methyl sites for hydroxylation is 3. The van der Waals surface area contributed by atoms with Crippen molar-refractivity contribution in [3.8, 4) is 0 Å². The summed E-state index contributed by atoms with van der Waals surface area (Å²) in [7, 11) is 2.01. The molecule has 114 valence electrons. The van der Waals surface area contributed by atoms with Crippen molar-refractivity contribution < 1.29 is 0 Å². The van der Waals surface area contributed by atoms with Crippen molar-refractivity contribution in [3.05, 3.63) is 51.8 Å². The molecular formula is C17H24BrN3. The van der Waals surface area contributed by atoms with Gasteiger partial charge in [0.15, 0.2) is 0 Å². The summed E-state index contributed by atoms with van der Waals surface area (Å²) in [5, 5.41) is 7.91. The van der Waals surface area contributed by atoms with Gasteiger partial charge in [0.05, 0.1) is 0 Å². The van der Waals surface area contributed by atoms with E-state index in [9.17, 15) is 0 Å². The number of nitrogens with zero attached hydrogens (tertiary/aromatic N) is 2. The second-order valence-corrected chi connectivity index (χ2v) is 6.35. The van der Waals surface area contributed by atoms with Crippen LogP contribution in [0.15, 0.2) is 34.9 Å². The molecule has 1 unspecified atom stereocenters. The quantitative estimate of drug-likeness (QED) is 0.812. The molecule has 2 rings (SSSR count). The highest BCUT2D eigenvalue weighted by Gasteiger charge is 2.13. The topological polar surface area (TPSA) is 29.9 Å². The molecular weight excluding hydrogens is 326 g/mol. The van der Waals surface area contributed by atoms with Gasteiger partial charge in [-0.1, -0.05) is 35.0 Å². The summed E-state index contributed by atoms with van der Waals surface area (Å²) in [6.07, 6.45) is 5.12. The van der Waals surface area contributed by atoms with Gasteiger partial charge in [0.2, 0.25) is 0 Å². The van der Waals surface area contributed by atoms with Gasteiger partial charge in [0, 0.05) is 29.5 Å². The van der Waals surface area contributed by atoms with Gasteiger partial charge in [-0.05, 0) is 56.0 Å². The van der Waals surface area contributed by atoms with E-state index in [-0.39, 0.29) is 0 Å². The van der Waals surface area contributed by atoms with Crippen LogP contribution in [0.5, 0.6) is 0 Å². The maximum absolute atomic E-state index is 4.24. The Morgan fingerprint density at radius 3 is 2.76 bits per heavy atom. The lowest BCUT2D eigenvalue weighted by molar-refractivity contribution is 0.491. The van der Waals surface area contributed by atoms with Crippen LogP contribution >= 0.6 is 15.9 Å². The number of hydrogen-bond acceptors (Lipinski definition) is 2. The van der Waals surface area contributed by atoms with Gasteiger partial charge in [0.25, 0.3) is 0 Å². The second-order valence-electron chi connectivity index (χ2n) is 5.50. The fourth-order valence-electron chi connectivity index (χ4n) is 2.47. The Morgan fingerprint density at radius 1 is 1.33 bits per heavy atom. The lowest BCUT2D eigenvalue weighted by Gasteiger charge is -2.20. The third kappa shape index (κ3) is 4.42. The Kier molecular flexibility index (Phi) is 6.00. The maximum Gasteiger partial charge on any atom is 0.0492 e. The standard InChI is InChI=1S/C17H24BrN3/c1-4-10-19-17(8-7-15-9-11-20-21(15)3)14-6-5-13(2)16(18)12-14/h5-6,9,11-12,17,19H,4,7-8,10H2,1-3H3. The number of benzene rings is 1. The first-order chi connectivity index (χ1) is 10.1. The van der Waals surface area contributed by atoms with Crippen molar-refractivity contribution in [3.63, 3.8) is 0 Å². The molecule has 0 saturated heterocycles. The molecule has 0 saturated carbocycles. The lowest BCUT2D eigenvalue weighted by atomic mass is 9.99. The summed E-state index contributed by atoms with van der Waals surface area (Å²) in [5.74, 6) is 0. The lowest BCUT2D eigenvalue weighted by Crippen LogP contribution is -2.23. The maximum atomic E-state index is 4.24. The summed E-state index contributed by atoms with van der Waals surface area (Å²) in [5.41, 5.74) is 3.91. The highest BCUT2D eigenvalue weighted by atomic mass is 79.9. The fourth-order valence-corrected chi connectivity index (χ4v) is 2.87. The van der Waals surface area contributed by atoms with Crippen molar-refractivity contribution in [2.45, 2.75) is 39.2 Å². The van der Waals surface area contributed by atoms with Gasteiger partial charge in [-0.2, -0.15) is 5.10 Å². The van der Waals surface area contributed by atoms with Gasteiger partial charge in [0.1, 0.15) is 0 Å².